The molecule has 2 aliphatic heterocycles. The first-order valence-corrected chi connectivity index (χ1v) is 12.0. The zero-order chi connectivity index (χ0) is 22.9. The van der Waals surface area contributed by atoms with Crippen molar-refractivity contribution in [1.82, 2.24) is 19.9 Å². The van der Waals surface area contributed by atoms with Gasteiger partial charge in [0, 0.05) is 45.5 Å². The third kappa shape index (κ3) is 7.36. The van der Waals surface area contributed by atoms with E-state index < -0.39 is 0 Å². The van der Waals surface area contributed by atoms with Gasteiger partial charge in [-0.25, -0.2) is 9.97 Å². The summed E-state index contributed by atoms with van der Waals surface area (Å²) in [6, 6.07) is 5.97. The van der Waals surface area contributed by atoms with Gasteiger partial charge in [-0.1, -0.05) is 0 Å². The van der Waals surface area contributed by atoms with Gasteiger partial charge >= 0.3 is 0 Å². The maximum absolute atomic E-state index is 11.2. The van der Waals surface area contributed by atoms with Crippen molar-refractivity contribution in [3.05, 3.63) is 36.2 Å². The number of nitrogens with zero attached hydrogens (tertiary/aromatic N) is 5. The number of ether oxygens (including phenoxy) is 1. The van der Waals surface area contributed by atoms with E-state index in [0.717, 1.165) is 76.6 Å². The molecule has 33 heavy (non-hydrogen) atoms. The maximum Gasteiger partial charge on any atom is 0.227 e. The first-order chi connectivity index (χ1) is 16.2. The number of likely N-dealkylation sites (tertiary alicyclic amines) is 1. The highest BCUT2D eigenvalue weighted by molar-refractivity contribution is 5.87. The lowest BCUT2D eigenvalue weighted by atomic mass is 9.90. The Morgan fingerprint density at radius 1 is 1.09 bits per heavy atom. The predicted octanol–water partition coefficient (Wildman–Crippen LogP) is 2.42. The molecule has 4 rings (SSSR count). The molecular weight excluding hydrogens is 418 g/mol. The highest BCUT2D eigenvalue weighted by atomic mass is 16.5. The SMILES string of the molecule is CC(=O)Nc1cc(CCC2CCN(CCNc3ccnc(N4CCOCC4)n3)CC2)ccn1. The van der Waals surface area contributed by atoms with Gasteiger partial charge in [-0.3, -0.25) is 4.79 Å². The second-order valence-corrected chi connectivity index (χ2v) is 8.82. The number of amides is 1. The van der Waals surface area contributed by atoms with Gasteiger partial charge in [-0.2, -0.15) is 4.98 Å². The zero-order valence-electron chi connectivity index (χ0n) is 19.5. The van der Waals surface area contributed by atoms with E-state index in [4.69, 9.17) is 4.74 Å². The first-order valence-electron chi connectivity index (χ1n) is 12.0. The molecule has 0 unspecified atom stereocenters. The molecule has 178 valence electrons. The van der Waals surface area contributed by atoms with Crippen LogP contribution in [-0.2, 0) is 16.0 Å². The summed E-state index contributed by atoms with van der Waals surface area (Å²) in [5.41, 5.74) is 1.24. The number of piperidine rings is 1. The van der Waals surface area contributed by atoms with Gasteiger partial charge in [0.25, 0.3) is 0 Å². The lowest BCUT2D eigenvalue weighted by Crippen LogP contribution is -2.38. The molecular formula is C24H35N7O2. The summed E-state index contributed by atoms with van der Waals surface area (Å²) in [6.45, 7) is 8.85. The largest absolute Gasteiger partial charge is 0.378 e. The van der Waals surface area contributed by atoms with Gasteiger partial charge in [-0.15, -0.1) is 0 Å². The molecule has 2 fully saturated rings. The first kappa shape index (κ1) is 23.4. The summed E-state index contributed by atoms with van der Waals surface area (Å²) in [6.07, 6.45) is 8.28. The Kier molecular flexibility index (Phi) is 8.43. The van der Waals surface area contributed by atoms with Crippen molar-refractivity contribution < 1.29 is 9.53 Å². The summed E-state index contributed by atoms with van der Waals surface area (Å²) in [4.78, 5) is 29.2. The number of aromatic nitrogens is 3. The minimum Gasteiger partial charge on any atom is -0.378 e. The van der Waals surface area contributed by atoms with Crippen LogP contribution in [0.2, 0.25) is 0 Å². The Morgan fingerprint density at radius 2 is 1.88 bits per heavy atom. The zero-order valence-corrected chi connectivity index (χ0v) is 19.5. The van der Waals surface area contributed by atoms with E-state index in [1.54, 1.807) is 6.20 Å². The van der Waals surface area contributed by atoms with Crippen molar-refractivity contribution in [2.75, 3.05) is 68.0 Å². The number of aryl methyl sites for hydroxylation is 1. The molecule has 0 aliphatic carbocycles. The van der Waals surface area contributed by atoms with Crippen LogP contribution in [0.25, 0.3) is 0 Å². The third-order valence-corrected chi connectivity index (χ3v) is 6.35. The molecule has 2 aromatic heterocycles. The van der Waals surface area contributed by atoms with Crippen molar-refractivity contribution in [2.24, 2.45) is 5.92 Å². The topological polar surface area (TPSA) is 95.5 Å². The van der Waals surface area contributed by atoms with Gasteiger partial charge in [0.1, 0.15) is 11.6 Å². The number of carbonyl (C=O) groups is 1. The Balaban J connectivity index is 1.14. The second kappa shape index (κ2) is 11.9. The lowest BCUT2D eigenvalue weighted by molar-refractivity contribution is -0.114. The van der Waals surface area contributed by atoms with Crippen LogP contribution in [0.15, 0.2) is 30.6 Å². The molecule has 0 aromatic carbocycles. The van der Waals surface area contributed by atoms with E-state index >= 15 is 0 Å². The Labute approximate surface area is 196 Å². The monoisotopic (exact) mass is 453 g/mol. The van der Waals surface area contributed by atoms with Crippen molar-refractivity contribution in [2.45, 2.75) is 32.6 Å². The molecule has 0 radical (unpaired) electrons. The lowest BCUT2D eigenvalue weighted by Gasteiger charge is -2.32. The number of carbonyl (C=O) groups excluding carboxylic acids is 1. The number of hydrogen-bond donors (Lipinski definition) is 2. The summed E-state index contributed by atoms with van der Waals surface area (Å²) >= 11 is 0. The van der Waals surface area contributed by atoms with Crippen LogP contribution in [0.4, 0.5) is 17.6 Å². The molecule has 9 nitrogen and oxygen atoms in total. The van der Waals surface area contributed by atoms with Crippen LogP contribution in [0.5, 0.6) is 0 Å². The van der Waals surface area contributed by atoms with Crippen molar-refractivity contribution in [3.63, 3.8) is 0 Å². The van der Waals surface area contributed by atoms with Crippen LogP contribution in [0.1, 0.15) is 31.7 Å². The fraction of sp³-hybridized carbons (Fsp3) is 0.583. The quantitative estimate of drug-likeness (QED) is 0.598. The summed E-state index contributed by atoms with van der Waals surface area (Å²) in [5, 5.41) is 6.22. The highest BCUT2D eigenvalue weighted by Crippen LogP contribution is 2.23. The molecule has 0 saturated carbocycles. The van der Waals surface area contributed by atoms with E-state index in [1.807, 2.05) is 24.4 Å². The molecule has 0 atom stereocenters. The highest BCUT2D eigenvalue weighted by Gasteiger charge is 2.19. The predicted molar refractivity (Wildman–Crippen MR) is 130 cm³/mol. The molecule has 2 N–H and O–H groups in total. The van der Waals surface area contributed by atoms with E-state index in [0.29, 0.717) is 5.82 Å². The van der Waals surface area contributed by atoms with E-state index in [1.165, 1.54) is 31.7 Å². The van der Waals surface area contributed by atoms with E-state index in [9.17, 15) is 4.79 Å². The second-order valence-electron chi connectivity index (χ2n) is 8.82. The summed E-state index contributed by atoms with van der Waals surface area (Å²) in [5.74, 6) is 2.98. The van der Waals surface area contributed by atoms with Crippen LogP contribution < -0.4 is 15.5 Å². The smallest absolute Gasteiger partial charge is 0.227 e. The van der Waals surface area contributed by atoms with Gasteiger partial charge in [-0.05, 0) is 68.5 Å². The van der Waals surface area contributed by atoms with Crippen LogP contribution >= 0.6 is 0 Å². The standard InChI is InChI=1S/C24H35N7O2/c1-19(32)28-23-18-21(4-8-25-23)3-2-20-6-11-30(12-7-20)13-10-26-22-5-9-27-24(29-22)31-14-16-33-17-15-31/h4-5,8-9,18,20H,2-3,6-7,10-17H2,1H3,(H,25,28,32)(H,26,27,29). The van der Waals surface area contributed by atoms with Gasteiger partial charge < -0.3 is 25.2 Å². The number of anilines is 3. The third-order valence-electron chi connectivity index (χ3n) is 6.35. The number of rotatable bonds is 9. The summed E-state index contributed by atoms with van der Waals surface area (Å²) in [7, 11) is 0. The van der Waals surface area contributed by atoms with Gasteiger partial charge in [0.2, 0.25) is 11.9 Å². The van der Waals surface area contributed by atoms with Crippen molar-refractivity contribution in [3.8, 4) is 0 Å². The number of pyridine rings is 1. The molecule has 9 heteroatoms. The number of hydrogen-bond acceptors (Lipinski definition) is 8. The minimum absolute atomic E-state index is 0.0845. The van der Waals surface area contributed by atoms with Gasteiger partial charge in [0.05, 0.1) is 13.2 Å². The molecule has 2 aliphatic rings. The fourth-order valence-electron chi connectivity index (χ4n) is 4.45. The molecule has 0 bridgehead atoms. The van der Waals surface area contributed by atoms with Crippen LogP contribution in [-0.4, -0.2) is 78.2 Å². The Hall–Kier alpha value is -2.78. The van der Waals surface area contributed by atoms with Crippen molar-refractivity contribution >= 4 is 23.5 Å². The van der Waals surface area contributed by atoms with Crippen LogP contribution in [0.3, 0.4) is 0 Å². The van der Waals surface area contributed by atoms with Crippen molar-refractivity contribution in [1.29, 1.82) is 0 Å². The number of nitrogens with one attached hydrogen (secondary N) is 2. The van der Waals surface area contributed by atoms with Gasteiger partial charge in [0.15, 0.2) is 0 Å². The van der Waals surface area contributed by atoms with E-state index in [-0.39, 0.29) is 5.91 Å². The Morgan fingerprint density at radius 3 is 2.67 bits per heavy atom. The average molecular weight is 454 g/mol. The molecule has 2 saturated heterocycles. The molecule has 2 aromatic rings. The molecule has 4 heterocycles. The van der Waals surface area contributed by atoms with Crippen LogP contribution in [0, 0.1) is 5.92 Å². The summed E-state index contributed by atoms with van der Waals surface area (Å²) < 4.78 is 5.41. The molecule has 1 amide bonds. The van der Waals surface area contributed by atoms with E-state index in [2.05, 4.69) is 35.4 Å². The molecule has 0 spiro atoms. The maximum atomic E-state index is 11.2. The minimum atomic E-state index is -0.0845. The normalized spacial score (nSPS) is 17.7. The fourth-order valence-corrected chi connectivity index (χ4v) is 4.45. The average Bonchev–Trinajstić information content (AvgIpc) is 2.84. The number of morpholine rings is 1. The Bertz CT molecular complexity index is 896.